The molecule has 0 unspecified atom stereocenters. The minimum atomic E-state index is -3.77. The molecule has 0 fully saturated rings. The predicted molar refractivity (Wildman–Crippen MR) is 83.8 cm³/mol. The number of rotatable bonds is 5. The average Bonchev–Trinajstić information content (AvgIpc) is 2.80. The van der Waals surface area contributed by atoms with Gasteiger partial charge in [0.15, 0.2) is 0 Å². The highest BCUT2D eigenvalue weighted by Gasteiger charge is 2.26. The summed E-state index contributed by atoms with van der Waals surface area (Å²) in [7, 11) is -0.603. The lowest BCUT2D eigenvalue weighted by molar-refractivity contribution is 0.589. The summed E-state index contributed by atoms with van der Waals surface area (Å²) in [6.07, 6.45) is 0. The Bertz CT molecular complexity index is 741. The third-order valence-corrected chi connectivity index (χ3v) is 6.18. The van der Waals surface area contributed by atoms with E-state index in [1.165, 1.54) is 36.6 Å². The van der Waals surface area contributed by atoms with Crippen LogP contribution in [0.5, 0.6) is 0 Å². The van der Waals surface area contributed by atoms with E-state index in [2.05, 4.69) is 5.32 Å². The zero-order valence-corrected chi connectivity index (χ0v) is 13.7. The fourth-order valence-electron chi connectivity index (χ4n) is 2.03. The Labute approximate surface area is 128 Å². The van der Waals surface area contributed by atoms with E-state index in [-0.39, 0.29) is 10.6 Å². The summed E-state index contributed by atoms with van der Waals surface area (Å²) in [5, 5.41) is 2.99. The topological polar surface area (TPSA) is 49.4 Å². The van der Waals surface area contributed by atoms with Crippen LogP contribution in [-0.4, -0.2) is 22.5 Å². The van der Waals surface area contributed by atoms with Crippen LogP contribution in [0.2, 0.25) is 0 Å². The van der Waals surface area contributed by atoms with Crippen molar-refractivity contribution in [2.24, 2.45) is 0 Å². The molecule has 0 amide bonds. The molecule has 0 saturated carbocycles. The van der Waals surface area contributed by atoms with Gasteiger partial charge in [0.05, 0.1) is 5.69 Å². The molecule has 0 aliphatic carbocycles. The van der Waals surface area contributed by atoms with E-state index in [4.69, 9.17) is 0 Å². The second kappa shape index (κ2) is 6.13. The van der Waals surface area contributed by atoms with Gasteiger partial charge in [-0.15, -0.1) is 11.3 Å². The van der Waals surface area contributed by atoms with Gasteiger partial charge in [0.1, 0.15) is 10.7 Å². The highest BCUT2D eigenvalue weighted by molar-refractivity contribution is 7.93. The Morgan fingerprint density at radius 2 is 2.00 bits per heavy atom. The number of sulfonamides is 1. The van der Waals surface area contributed by atoms with Crippen LogP contribution in [-0.2, 0) is 16.6 Å². The minimum absolute atomic E-state index is 0.0401. The summed E-state index contributed by atoms with van der Waals surface area (Å²) in [6, 6.07) is 7.47. The molecule has 114 valence electrons. The Kier molecular flexibility index (Phi) is 4.65. The standard InChI is InChI=1S/C14H17FN2O2S2/c1-10-14(8-11(20-10)9-16-2)21(18,19)17(3)13-7-5-4-6-12(13)15/h4-8,16H,9H2,1-3H3. The molecule has 2 aromatic rings. The first-order valence-electron chi connectivity index (χ1n) is 6.35. The number of benzene rings is 1. The second-order valence-electron chi connectivity index (χ2n) is 4.59. The van der Waals surface area contributed by atoms with Gasteiger partial charge in [-0.2, -0.15) is 0 Å². The van der Waals surface area contributed by atoms with Gasteiger partial charge in [-0.05, 0) is 32.2 Å². The van der Waals surface area contributed by atoms with Gasteiger partial charge in [-0.25, -0.2) is 12.8 Å². The Balaban J connectivity index is 2.45. The number of nitrogens with zero attached hydrogens (tertiary/aromatic N) is 1. The molecule has 0 aliphatic rings. The van der Waals surface area contributed by atoms with Crippen LogP contribution in [0, 0.1) is 12.7 Å². The van der Waals surface area contributed by atoms with Gasteiger partial charge in [0, 0.05) is 23.3 Å². The Hall–Kier alpha value is -1.44. The Morgan fingerprint density at radius 3 is 2.62 bits per heavy atom. The smallest absolute Gasteiger partial charge is 0.265 e. The lowest BCUT2D eigenvalue weighted by Crippen LogP contribution is -2.27. The van der Waals surface area contributed by atoms with E-state index >= 15 is 0 Å². The number of halogens is 1. The highest BCUT2D eigenvalue weighted by atomic mass is 32.2. The van der Waals surface area contributed by atoms with E-state index in [9.17, 15) is 12.8 Å². The molecule has 7 heteroatoms. The van der Waals surface area contributed by atoms with Crippen LogP contribution in [0.4, 0.5) is 10.1 Å². The monoisotopic (exact) mass is 328 g/mol. The third-order valence-electron chi connectivity index (χ3n) is 3.10. The zero-order chi connectivity index (χ0) is 15.6. The van der Waals surface area contributed by atoms with E-state index in [1.54, 1.807) is 26.1 Å². The van der Waals surface area contributed by atoms with Crippen molar-refractivity contribution in [3.8, 4) is 0 Å². The van der Waals surface area contributed by atoms with Gasteiger partial charge in [-0.1, -0.05) is 12.1 Å². The number of anilines is 1. The van der Waals surface area contributed by atoms with Crippen molar-refractivity contribution in [3.63, 3.8) is 0 Å². The first kappa shape index (κ1) is 15.9. The summed E-state index contributed by atoms with van der Waals surface area (Å²) in [5.41, 5.74) is 0.0401. The number of aryl methyl sites for hydroxylation is 1. The third kappa shape index (κ3) is 3.09. The Morgan fingerprint density at radius 1 is 1.33 bits per heavy atom. The molecule has 2 rings (SSSR count). The molecule has 0 bridgehead atoms. The summed E-state index contributed by atoms with van der Waals surface area (Å²) in [6.45, 7) is 2.36. The minimum Gasteiger partial charge on any atom is -0.315 e. The summed E-state index contributed by atoms with van der Waals surface area (Å²) < 4.78 is 40.1. The number of hydrogen-bond donors (Lipinski definition) is 1. The molecule has 0 atom stereocenters. The van der Waals surface area contributed by atoms with Crippen molar-refractivity contribution < 1.29 is 12.8 Å². The quantitative estimate of drug-likeness (QED) is 0.918. The van der Waals surface area contributed by atoms with Crippen molar-refractivity contribution >= 4 is 27.0 Å². The maximum Gasteiger partial charge on any atom is 0.265 e. The van der Waals surface area contributed by atoms with E-state index in [0.717, 1.165) is 9.18 Å². The first-order chi connectivity index (χ1) is 9.87. The van der Waals surface area contributed by atoms with E-state index in [1.807, 2.05) is 0 Å². The van der Waals surface area contributed by atoms with Crippen LogP contribution in [0.3, 0.4) is 0 Å². The first-order valence-corrected chi connectivity index (χ1v) is 8.61. The van der Waals surface area contributed by atoms with Crippen LogP contribution in [0.1, 0.15) is 9.75 Å². The van der Waals surface area contributed by atoms with Gasteiger partial charge >= 0.3 is 0 Å². The normalized spacial score (nSPS) is 11.6. The van der Waals surface area contributed by atoms with Crippen molar-refractivity contribution in [3.05, 3.63) is 45.9 Å². The fourth-order valence-corrected chi connectivity index (χ4v) is 4.84. The number of thiophene rings is 1. The molecular weight excluding hydrogens is 311 g/mol. The van der Waals surface area contributed by atoms with E-state index in [0.29, 0.717) is 11.4 Å². The van der Waals surface area contributed by atoms with Gasteiger partial charge in [-0.3, -0.25) is 4.31 Å². The maximum absolute atomic E-state index is 13.8. The molecule has 1 N–H and O–H groups in total. The van der Waals surface area contributed by atoms with Crippen molar-refractivity contribution in [1.82, 2.24) is 5.32 Å². The largest absolute Gasteiger partial charge is 0.315 e. The van der Waals surface area contributed by atoms with Crippen molar-refractivity contribution in [2.45, 2.75) is 18.4 Å². The van der Waals surface area contributed by atoms with Crippen molar-refractivity contribution in [1.29, 1.82) is 0 Å². The number of hydrogen-bond acceptors (Lipinski definition) is 4. The zero-order valence-electron chi connectivity index (χ0n) is 12.1. The fraction of sp³-hybridized carbons (Fsp3) is 0.286. The average molecular weight is 328 g/mol. The molecular formula is C14H17FN2O2S2. The molecule has 1 aromatic heterocycles. The molecule has 0 saturated heterocycles. The molecule has 4 nitrogen and oxygen atoms in total. The predicted octanol–water partition coefficient (Wildman–Crippen LogP) is 2.74. The summed E-state index contributed by atoms with van der Waals surface area (Å²) in [5.74, 6) is -0.563. The van der Waals surface area contributed by atoms with E-state index < -0.39 is 15.8 Å². The van der Waals surface area contributed by atoms with Gasteiger partial charge in [0.25, 0.3) is 10.0 Å². The lowest BCUT2D eigenvalue weighted by atomic mass is 10.3. The molecule has 0 aliphatic heterocycles. The van der Waals surface area contributed by atoms with Crippen molar-refractivity contribution in [2.75, 3.05) is 18.4 Å². The van der Waals surface area contributed by atoms with Crippen LogP contribution in [0.15, 0.2) is 35.2 Å². The second-order valence-corrected chi connectivity index (χ2v) is 7.87. The number of para-hydroxylation sites is 1. The highest BCUT2D eigenvalue weighted by Crippen LogP contribution is 2.30. The summed E-state index contributed by atoms with van der Waals surface area (Å²) in [4.78, 5) is 1.85. The molecule has 0 spiro atoms. The SMILES string of the molecule is CNCc1cc(S(=O)(=O)N(C)c2ccccc2F)c(C)s1. The van der Waals surface area contributed by atoms with Gasteiger partial charge in [0.2, 0.25) is 0 Å². The molecule has 21 heavy (non-hydrogen) atoms. The molecule has 1 heterocycles. The van der Waals surface area contributed by atoms with Crippen LogP contribution in [0.25, 0.3) is 0 Å². The number of nitrogens with one attached hydrogen (secondary N) is 1. The van der Waals surface area contributed by atoms with Crippen LogP contribution >= 0.6 is 11.3 Å². The van der Waals surface area contributed by atoms with Crippen LogP contribution < -0.4 is 9.62 Å². The molecule has 0 radical (unpaired) electrons. The molecule has 1 aromatic carbocycles. The maximum atomic E-state index is 13.8. The van der Waals surface area contributed by atoms with Gasteiger partial charge < -0.3 is 5.32 Å². The summed E-state index contributed by atoms with van der Waals surface area (Å²) >= 11 is 1.42. The lowest BCUT2D eigenvalue weighted by Gasteiger charge is -2.19.